The van der Waals surface area contributed by atoms with Gasteiger partial charge >= 0.3 is 0 Å². The van der Waals surface area contributed by atoms with Gasteiger partial charge in [0.25, 0.3) is 0 Å². The monoisotopic (exact) mass is 432 g/mol. The molecule has 1 rings (SSSR count). The first kappa shape index (κ1) is 14.5. The van der Waals surface area contributed by atoms with Crippen LogP contribution in [0.2, 0.25) is 0 Å². The molecule has 1 heterocycles. The Hall–Kier alpha value is 0.460. The van der Waals surface area contributed by atoms with Crippen molar-refractivity contribution in [2.45, 2.75) is 13.2 Å². The van der Waals surface area contributed by atoms with Crippen molar-refractivity contribution in [2.24, 2.45) is 0 Å². The zero-order valence-electron chi connectivity index (χ0n) is 8.31. The largest absolute Gasteiger partial charge is 0.357 e. The fourth-order valence-electron chi connectivity index (χ4n) is 1.26. The molecule has 1 unspecified atom stereocenters. The van der Waals surface area contributed by atoms with Crippen LogP contribution in [0, 0.1) is 11.3 Å². The van der Waals surface area contributed by atoms with Crippen LogP contribution < -0.4 is 0 Å². The average molecular weight is 435 g/mol. The second kappa shape index (κ2) is 6.41. The number of aromatic nitrogens is 1. The van der Waals surface area contributed by atoms with Gasteiger partial charge in [-0.1, -0.05) is 0 Å². The van der Waals surface area contributed by atoms with Gasteiger partial charge in [-0.3, -0.25) is 4.57 Å². The first-order valence-corrected chi connectivity index (χ1v) is 7.32. The Morgan fingerprint density at radius 3 is 2.50 bits per heavy atom. The number of hydrogen-bond acceptors (Lipinski definition) is 2. The third-order valence-electron chi connectivity index (χ3n) is 1.92. The van der Waals surface area contributed by atoms with E-state index in [2.05, 4.69) is 53.9 Å². The van der Waals surface area contributed by atoms with Crippen LogP contribution in [0.4, 0.5) is 0 Å². The number of nitrogens with zero attached hydrogens (tertiary/aromatic N) is 2. The lowest BCUT2D eigenvalue weighted by Crippen LogP contribution is -2.16. The smallest absolute Gasteiger partial charge is 0.149 e. The highest BCUT2D eigenvalue weighted by molar-refractivity contribution is 9.14. The highest BCUT2D eigenvalue weighted by Gasteiger charge is 2.23. The standard InChI is InChI=1S/C9H8Br3ClN2O/c1-2-16-6(3-13)15-5(4-14)7(10)8(11)9(15)12/h6H,2-3H2,1H3. The first-order valence-electron chi connectivity index (χ1n) is 4.40. The van der Waals surface area contributed by atoms with Crippen LogP contribution >= 0.6 is 59.4 Å². The lowest BCUT2D eigenvalue weighted by molar-refractivity contribution is 0.0256. The molecular weight excluding hydrogens is 427 g/mol. The minimum atomic E-state index is -0.363. The van der Waals surface area contributed by atoms with Crippen LogP contribution in [0.3, 0.4) is 0 Å². The Balaban J connectivity index is 3.31. The van der Waals surface area contributed by atoms with Gasteiger partial charge in [0.2, 0.25) is 0 Å². The molecule has 16 heavy (non-hydrogen) atoms. The minimum Gasteiger partial charge on any atom is -0.357 e. The molecule has 0 N–H and O–H groups in total. The summed E-state index contributed by atoms with van der Waals surface area (Å²) in [5, 5.41) is 9.11. The molecule has 0 aliphatic carbocycles. The first-order chi connectivity index (χ1) is 7.58. The van der Waals surface area contributed by atoms with Crippen LogP contribution in [0.5, 0.6) is 0 Å². The molecule has 0 radical (unpaired) electrons. The second-order valence-electron chi connectivity index (χ2n) is 2.81. The molecule has 7 heteroatoms. The van der Waals surface area contributed by atoms with Crippen molar-refractivity contribution in [1.29, 1.82) is 5.26 Å². The van der Waals surface area contributed by atoms with Crippen molar-refractivity contribution in [3.8, 4) is 6.07 Å². The van der Waals surface area contributed by atoms with Gasteiger partial charge < -0.3 is 4.74 Å². The summed E-state index contributed by atoms with van der Waals surface area (Å²) in [5.74, 6) is 0.272. The summed E-state index contributed by atoms with van der Waals surface area (Å²) in [7, 11) is 0. The van der Waals surface area contributed by atoms with E-state index in [1.165, 1.54) is 0 Å². The Bertz CT molecular complexity index is 427. The van der Waals surface area contributed by atoms with Crippen LogP contribution in [0.25, 0.3) is 0 Å². The molecular formula is C9H8Br3ClN2O. The van der Waals surface area contributed by atoms with E-state index in [-0.39, 0.29) is 12.1 Å². The van der Waals surface area contributed by atoms with E-state index in [1.807, 2.05) is 6.92 Å². The summed E-state index contributed by atoms with van der Waals surface area (Å²) in [6.07, 6.45) is -0.363. The quantitative estimate of drug-likeness (QED) is 0.657. The summed E-state index contributed by atoms with van der Waals surface area (Å²) in [6.45, 7) is 2.41. The van der Waals surface area contributed by atoms with Crippen molar-refractivity contribution in [1.82, 2.24) is 4.57 Å². The maximum atomic E-state index is 9.11. The maximum absolute atomic E-state index is 9.11. The summed E-state index contributed by atoms with van der Waals surface area (Å²) >= 11 is 16.0. The normalized spacial score (nSPS) is 12.5. The highest BCUT2D eigenvalue weighted by atomic mass is 79.9. The zero-order chi connectivity index (χ0) is 12.3. The summed E-state index contributed by atoms with van der Waals surface area (Å²) in [5.41, 5.74) is 0.470. The summed E-state index contributed by atoms with van der Waals surface area (Å²) < 4.78 is 9.39. The van der Waals surface area contributed by atoms with E-state index in [1.54, 1.807) is 4.57 Å². The Labute approximate surface area is 124 Å². The summed E-state index contributed by atoms with van der Waals surface area (Å²) in [6, 6.07) is 2.12. The fourth-order valence-corrected chi connectivity index (χ4v) is 3.20. The van der Waals surface area contributed by atoms with Crippen LogP contribution in [-0.2, 0) is 4.74 Å². The molecule has 1 aromatic rings. The van der Waals surface area contributed by atoms with Crippen LogP contribution in [-0.4, -0.2) is 17.1 Å². The average Bonchev–Trinajstić information content (AvgIpc) is 2.50. The van der Waals surface area contributed by atoms with Crippen LogP contribution in [0.15, 0.2) is 13.5 Å². The number of alkyl halides is 1. The Morgan fingerprint density at radius 1 is 1.44 bits per heavy atom. The Kier molecular flexibility index (Phi) is 5.82. The molecule has 1 aromatic heterocycles. The van der Waals surface area contributed by atoms with E-state index >= 15 is 0 Å². The number of halogens is 4. The van der Waals surface area contributed by atoms with Gasteiger partial charge in [-0.05, 0) is 54.7 Å². The van der Waals surface area contributed by atoms with Crippen molar-refractivity contribution < 1.29 is 4.74 Å². The lowest BCUT2D eigenvalue weighted by atomic mass is 10.4. The Morgan fingerprint density at radius 2 is 2.06 bits per heavy atom. The van der Waals surface area contributed by atoms with Gasteiger partial charge in [-0.2, -0.15) is 5.26 Å². The van der Waals surface area contributed by atoms with Crippen molar-refractivity contribution >= 4 is 59.4 Å². The number of nitriles is 1. The van der Waals surface area contributed by atoms with Crippen molar-refractivity contribution in [2.75, 3.05) is 12.5 Å². The second-order valence-corrected chi connectivity index (χ2v) is 5.46. The minimum absolute atomic E-state index is 0.272. The lowest BCUT2D eigenvalue weighted by Gasteiger charge is -2.18. The molecule has 0 aromatic carbocycles. The number of hydrogen-bond donors (Lipinski definition) is 0. The zero-order valence-corrected chi connectivity index (χ0v) is 13.8. The predicted molar refractivity (Wildman–Crippen MR) is 73.6 cm³/mol. The highest BCUT2D eigenvalue weighted by Crippen LogP contribution is 2.38. The van der Waals surface area contributed by atoms with Gasteiger partial charge in [0.1, 0.15) is 22.6 Å². The molecule has 0 saturated carbocycles. The fraction of sp³-hybridized carbons (Fsp3) is 0.444. The predicted octanol–water partition coefficient (Wildman–Crippen LogP) is 4.42. The van der Waals surface area contributed by atoms with E-state index in [0.29, 0.717) is 16.8 Å². The molecule has 88 valence electrons. The van der Waals surface area contributed by atoms with Gasteiger partial charge in [0.15, 0.2) is 0 Å². The molecule has 0 aliphatic heterocycles. The molecule has 0 spiro atoms. The third kappa shape index (κ3) is 2.65. The molecule has 0 amide bonds. The summed E-state index contributed by atoms with van der Waals surface area (Å²) in [4.78, 5) is 0. The molecule has 0 saturated heterocycles. The van der Waals surface area contributed by atoms with Gasteiger partial charge in [0, 0.05) is 6.61 Å². The van der Waals surface area contributed by atoms with E-state index in [4.69, 9.17) is 21.6 Å². The van der Waals surface area contributed by atoms with Crippen molar-refractivity contribution in [3.05, 3.63) is 19.2 Å². The number of rotatable bonds is 4. The van der Waals surface area contributed by atoms with Crippen LogP contribution in [0.1, 0.15) is 18.8 Å². The topological polar surface area (TPSA) is 38.0 Å². The van der Waals surface area contributed by atoms with E-state index in [0.717, 1.165) is 9.08 Å². The molecule has 3 nitrogen and oxygen atoms in total. The van der Waals surface area contributed by atoms with Crippen molar-refractivity contribution in [3.63, 3.8) is 0 Å². The van der Waals surface area contributed by atoms with Gasteiger partial charge in [0.05, 0.1) is 14.8 Å². The number of ether oxygens (including phenoxy) is 1. The molecule has 0 fully saturated rings. The molecule has 0 aliphatic rings. The van der Waals surface area contributed by atoms with E-state index < -0.39 is 0 Å². The maximum Gasteiger partial charge on any atom is 0.149 e. The molecule has 0 bridgehead atoms. The van der Waals surface area contributed by atoms with E-state index in [9.17, 15) is 0 Å². The third-order valence-corrected chi connectivity index (χ3v) is 5.57. The van der Waals surface area contributed by atoms with Gasteiger partial charge in [-0.25, -0.2) is 0 Å². The molecule has 1 atom stereocenters. The van der Waals surface area contributed by atoms with Gasteiger partial charge in [-0.15, -0.1) is 11.6 Å². The SMILES string of the molecule is CCOC(CCl)n1c(Br)c(Br)c(Br)c1C#N.